The van der Waals surface area contributed by atoms with Crippen LogP contribution in [0.15, 0.2) is 28.7 Å². The SMILES string of the molecule is [C-]#[N+]CCCc1ccc(Br)cc1. The summed E-state index contributed by atoms with van der Waals surface area (Å²) < 4.78 is 1.11. The normalized spacial score (nSPS) is 9.33. The van der Waals surface area contributed by atoms with Crippen LogP contribution in [0.5, 0.6) is 0 Å². The molecule has 0 aliphatic heterocycles. The fourth-order valence-electron chi connectivity index (χ4n) is 1.01. The van der Waals surface area contributed by atoms with Gasteiger partial charge in [0, 0.05) is 10.9 Å². The minimum Gasteiger partial charge on any atom is -0.317 e. The van der Waals surface area contributed by atoms with Crippen LogP contribution in [0.4, 0.5) is 0 Å². The van der Waals surface area contributed by atoms with Crippen LogP contribution in [0.1, 0.15) is 12.0 Å². The van der Waals surface area contributed by atoms with Gasteiger partial charge in [-0.05, 0) is 24.1 Å². The third-order valence-electron chi connectivity index (χ3n) is 1.65. The van der Waals surface area contributed by atoms with Crippen molar-refractivity contribution in [3.05, 3.63) is 45.7 Å². The molecule has 1 aromatic rings. The van der Waals surface area contributed by atoms with E-state index in [4.69, 9.17) is 6.57 Å². The van der Waals surface area contributed by atoms with Gasteiger partial charge in [-0.2, -0.15) is 0 Å². The second kappa shape index (κ2) is 4.95. The summed E-state index contributed by atoms with van der Waals surface area (Å²) in [4.78, 5) is 3.31. The highest BCUT2D eigenvalue weighted by molar-refractivity contribution is 9.10. The third-order valence-corrected chi connectivity index (χ3v) is 2.18. The van der Waals surface area contributed by atoms with Gasteiger partial charge in [0.25, 0.3) is 0 Å². The summed E-state index contributed by atoms with van der Waals surface area (Å²) in [6.07, 6.45) is 1.97. The smallest absolute Gasteiger partial charge is 0.215 e. The molecule has 62 valence electrons. The van der Waals surface area contributed by atoms with Crippen molar-refractivity contribution < 1.29 is 0 Å². The first-order chi connectivity index (χ1) is 5.83. The molecule has 0 atom stereocenters. The summed E-state index contributed by atoms with van der Waals surface area (Å²) in [6.45, 7) is 7.26. The summed E-state index contributed by atoms with van der Waals surface area (Å²) in [7, 11) is 0. The van der Waals surface area contributed by atoms with Crippen molar-refractivity contribution in [3.8, 4) is 0 Å². The van der Waals surface area contributed by atoms with Gasteiger partial charge in [0.2, 0.25) is 6.54 Å². The molecular weight excluding hydrogens is 214 g/mol. The molecule has 1 nitrogen and oxygen atoms in total. The zero-order valence-electron chi connectivity index (χ0n) is 6.76. The van der Waals surface area contributed by atoms with Gasteiger partial charge >= 0.3 is 0 Å². The first-order valence-corrected chi connectivity index (χ1v) is 4.70. The molecule has 0 saturated carbocycles. The Morgan fingerprint density at radius 3 is 2.50 bits per heavy atom. The minimum atomic E-state index is 0.635. The van der Waals surface area contributed by atoms with Crippen molar-refractivity contribution in [3.63, 3.8) is 0 Å². The first-order valence-electron chi connectivity index (χ1n) is 3.90. The van der Waals surface area contributed by atoms with Crippen LogP contribution in [0, 0.1) is 6.57 Å². The summed E-state index contributed by atoms with van der Waals surface area (Å²) in [5, 5.41) is 0. The van der Waals surface area contributed by atoms with Crippen molar-refractivity contribution in [1.82, 2.24) is 0 Å². The topological polar surface area (TPSA) is 4.36 Å². The summed E-state index contributed by atoms with van der Waals surface area (Å²) in [5.74, 6) is 0. The van der Waals surface area contributed by atoms with Crippen molar-refractivity contribution in [1.29, 1.82) is 0 Å². The van der Waals surface area contributed by atoms with Crippen LogP contribution in [0.25, 0.3) is 4.85 Å². The van der Waals surface area contributed by atoms with E-state index >= 15 is 0 Å². The van der Waals surface area contributed by atoms with Gasteiger partial charge in [-0.1, -0.05) is 28.1 Å². The quantitative estimate of drug-likeness (QED) is 0.548. The maximum Gasteiger partial charge on any atom is 0.215 e. The monoisotopic (exact) mass is 223 g/mol. The van der Waals surface area contributed by atoms with Gasteiger partial charge < -0.3 is 4.85 Å². The number of rotatable bonds is 3. The van der Waals surface area contributed by atoms with E-state index in [0.717, 1.165) is 17.3 Å². The van der Waals surface area contributed by atoms with E-state index < -0.39 is 0 Å². The largest absolute Gasteiger partial charge is 0.317 e. The molecule has 0 radical (unpaired) electrons. The second-order valence-corrected chi connectivity index (χ2v) is 3.53. The van der Waals surface area contributed by atoms with Crippen LogP contribution in [-0.4, -0.2) is 6.54 Å². The molecule has 0 spiro atoms. The van der Waals surface area contributed by atoms with E-state index in [2.05, 4.69) is 32.9 Å². The van der Waals surface area contributed by atoms with Gasteiger partial charge in [-0.3, -0.25) is 0 Å². The van der Waals surface area contributed by atoms with Gasteiger partial charge in [0.1, 0.15) is 0 Å². The van der Waals surface area contributed by atoms with Gasteiger partial charge in [-0.15, -0.1) is 0 Å². The molecule has 0 aliphatic rings. The highest BCUT2D eigenvalue weighted by Gasteiger charge is 1.93. The van der Waals surface area contributed by atoms with Crippen molar-refractivity contribution in [2.75, 3.05) is 6.54 Å². The predicted octanol–water partition coefficient (Wildman–Crippen LogP) is 3.30. The Bertz CT molecular complexity index is 271. The fourth-order valence-corrected chi connectivity index (χ4v) is 1.28. The Labute approximate surface area is 81.4 Å². The average Bonchev–Trinajstić information content (AvgIpc) is 2.09. The fraction of sp³-hybridized carbons (Fsp3) is 0.300. The molecule has 2 heteroatoms. The predicted molar refractivity (Wildman–Crippen MR) is 53.9 cm³/mol. The van der Waals surface area contributed by atoms with E-state index in [0.29, 0.717) is 6.54 Å². The van der Waals surface area contributed by atoms with E-state index in [9.17, 15) is 0 Å². The highest BCUT2D eigenvalue weighted by Crippen LogP contribution is 2.11. The van der Waals surface area contributed by atoms with Crippen LogP contribution in [-0.2, 0) is 6.42 Å². The molecule has 0 fully saturated rings. The number of nitrogens with zero attached hydrogens (tertiary/aromatic N) is 1. The molecule has 0 heterocycles. The van der Waals surface area contributed by atoms with Crippen LogP contribution >= 0.6 is 15.9 Å². The highest BCUT2D eigenvalue weighted by atomic mass is 79.9. The van der Waals surface area contributed by atoms with E-state index in [1.54, 1.807) is 0 Å². The second-order valence-electron chi connectivity index (χ2n) is 2.61. The summed E-state index contributed by atoms with van der Waals surface area (Å²) >= 11 is 3.38. The number of halogens is 1. The summed E-state index contributed by atoms with van der Waals surface area (Å²) in [6, 6.07) is 8.25. The molecule has 12 heavy (non-hydrogen) atoms. The van der Waals surface area contributed by atoms with Gasteiger partial charge in [0.05, 0.1) is 0 Å². The lowest BCUT2D eigenvalue weighted by Gasteiger charge is -1.96. The number of hydrogen-bond donors (Lipinski definition) is 0. The standard InChI is InChI=1S/C10H10BrN/c1-12-8-2-3-9-4-6-10(11)7-5-9/h4-7H,2-3,8H2. The van der Waals surface area contributed by atoms with Crippen LogP contribution in [0.2, 0.25) is 0 Å². The Hall–Kier alpha value is -0.810. The number of benzene rings is 1. The zero-order valence-corrected chi connectivity index (χ0v) is 8.34. The lowest BCUT2D eigenvalue weighted by molar-refractivity contribution is 0.891. The molecule has 0 aliphatic carbocycles. The average molecular weight is 224 g/mol. The van der Waals surface area contributed by atoms with Gasteiger partial charge in [-0.25, -0.2) is 6.57 Å². The maximum absolute atomic E-state index is 6.62. The molecule has 0 unspecified atom stereocenters. The molecular formula is C10H10BrN. The lowest BCUT2D eigenvalue weighted by Crippen LogP contribution is -1.86. The van der Waals surface area contributed by atoms with Crippen LogP contribution < -0.4 is 0 Å². The van der Waals surface area contributed by atoms with Crippen molar-refractivity contribution >= 4 is 15.9 Å². The Balaban J connectivity index is 2.43. The Morgan fingerprint density at radius 2 is 1.92 bits per heavy atom. The molecule has 0 N–H and O–H groups in total. The molecule has 0 amide bonds. The van der Waals surface area contributed by atoms with E-state index in [1.807, 2.05) is 12.1 Å². The van der Waals surface area contributed by atoms with Crippen molar-refractivity contribution in [2.24, 2.45) is 0 Å². The third kappa shape index (κ3) is 3.06. The maximum atomic E-state index is 6.62. The van der Waals surface area contributed by atoms with E-state index in [-0.39, 0.29) is 0 Å². The lowest BCUT2D eigenvalue weighted by atomic mass is 10.1. The van der Waals surface area contributed by atoms with Crippen LogP contribution in [0.3, 0.4) is 0 Å². The molecule has 0 saturated heterocycles. The van der Waals surface area contributed by atoms with Crippen molar-refractivity contribution in [2.45, 2.75) is 12.8 Å². The number of hydrogen-bond acceptors (Lipinski definition) is 0. The first kappa shape index (κ1) is 9.28. The zero-order chi connectivity index (χ0) is 8.81. The summed E-state index contributed by atoms with van der Waals surface area (Å²) in [5.41, 5.74) is 1.31. The number of aryl methyl sites for hydroxylation is 1. The molecule has 1 rings (SSSR count). The Morgan fingerprint density at radius 1 is 1.25 bits per heavy atom. The minimum absolute atomic E-state index is 0.635. The molecule has 1 aromatic carbocycles. The van der Waals surface area contributed by atoms with E-state index in [1.165, 1.54) is 5.56 Å². The van der Waals surface area contributed by atoms with Gasteiger partial charge in [0.15, 0.2) is 0 Å². The molecule has 0 aromatic heterocycles. The Kier molecular flexibility index (Phi) is 3.83. The molecule has 0 bridgehead atoms.